The van der Waals surface area contributed by atoms with Crippen LogP contribution in [0.15, 0.2) is 11.6 Å². The minimum atomic E-state index is -0.250. The summed E-state index contributed by atoms with van der Waals surface area (Å²) in [6.45, 7) is 9.20. The van der Waals surface area contributed by atoms with Crippen LogP contribution in [0.1, 0.15) is 47.5 Å². The second-order valence-electron chi connectivity index (χ2n) is 5.77. The van der Waals surface area contributed by atoms with Gasteiger partial charge in [0.25, 0.3) is 0 Å². The van der Waals surface area contributed by atoms with Crippen molar-refractivity contribution < 1.29 is 9.59 Å². The van der Waals surface area contributed by atoms with E-state index in [2.05, 4.69) is 16.7 Å². The lowest BCUT2D eigenvalue weighted by Crippen LogP contribution is -2.51. The van der Waals surface area contributed by atoms with Gasteiger partial charge in [-0.3, -0.25) is 9.59 Å². The van der Waals surface area contributed by atoms with Gasteiger partial charge < -0.3 is 10.6 Å². The lowest BCUT2D eigenvalue weighted by Gasteiger charge is -2.39. The minimum Gasteiger partial charge on any atom is -0.351 e. The molecule has 0 aromatic heterocycles. The predicted molar refractivity (Wildman–Crippen MR) is 72.0 cm³/mol. The molecule has 102 valence electrons. The van der Waals surface area contributed by atoms with Crippen LogP contribution in [0.5, 0.6) is 0 Å². The molecular formula is C14H24N2O2. The summed E-state index contributed by atoms with van der Waals surface area (Å²) >= 11 is 0. The molecule has 0 unspecified atom stereocenters. The molecule has 0 aliphatic heterocycles. The van der Waals surface area contributed by atoms with Crippen LogP contribution in [-0.4, -0.2) is 23.4 Å². The van der Waals surface area contributed by atoms with E-state index in [1.807, 2.05) is 20.8 Å². The number of hydrogen-bond donors (Lipinski definition) is 2. The molecule has 0 saturated carbocycles. The third kappa shape index (κ3) is 3.86. The minimum absolute atomic E-state index is 0.00858. The fourth-order valence-corrected chi connectivity index (χ4v) is 2.60. The molecule has 0 heterocycles. The van der Waals surface area contributed by atoms with Gasteiger partial charge in [0.1, 0.15) is 0 Å². The average Bonchev–Trinajstić information content (AvgIpc) is 2.18. The van der Waals surface area contributed by atoms with E-state index >= 15 is 0 Å². The maximum Gasteiger partial charge on any atom is 0.217 e. The molecule has 0 aromatic carbocycles. The van der Waals surface area contributed by atoms with Crippen molar-refractivity contribution in [2.75, 3.05) is 0 Å². The Kier molecular flexibility index (Phi) is 4.54. The van der Waals surface area contributed by atoms with Crippen molar-refractivity contribution in [2.45, 2.75) is 59.0 Å². The molecule has 4 nitrogen and oxygen atoms in total. The van der Waals surface area contributed by atoms with Gasteiger partial charge in [-0.25, -0.2) is 0 Å². The molecule has 18 heavy (non-hydrogen) atoms. The topological polar surface area (TPSA) is 58.2 Å². The molecule has 0 fully saturated rings. The average molecular weight is 252 g/mol. The van der Waals surface area contributed by atoms with Crippen molar-refractivity contribution in [1.82, 2.24) is 10.6 Å². The van der Waals surface area contributed by atoms with Gasteiger partial charge in [-0.1, -0.05) is 11.6 Å². The summed E-state index contributed by atoms with van der Waals surface area (Å²) < 4.78 is 0. The number of carbonyl (C=O) groups excluding carboxylic acids is 2. The van der Waals surface area contributed by atoms with Crippen LogP contribution >= 0.6 is 0 Å². The largest absolute Gasteiger partial charge is 0.351 e. The van der Waals surface area contributed by atoms with E-state index in [9.17, 15) is 9.59 Å². The molecule has 2 atom stereocenters. The molecule has 2 amide bonds. The van der Waals surface area contributed by atoms with E-state index in [0.717, 1.165) is 12.8 Å². The van der Waals surface area contributed by atoms with Gasteiger partial charge in [-0.2, -0.15) is 0 Å². The van der Waals surface area contributed by atoms with Crippen molar-refractivity contribution in [2.24, 2.45) is 5.92 Å². The molecular weight excluding hydrogens is 228 g/mol. The van der Waals surface area contributed by atoms with Gasteiger partial charge in [-0.05, 0) is 39.5 Å². The lowest BCUT2D eigenvalue weighted by molar-refractivity contribution is -0.122. The van der Waals surface area contributed by atoms with Gasteiger partial charge >= 0.3 is 0 Å². The highest BCUT2D eigenvalue weighted by Gasteiger charge is 2.34. The highest BCUT2D eigenvalue weighted by Crippen LogP contribution is 2.32. The van der Waals surface area contributed by atoms with Crippen LogP contribution in [0.25, 0.3) is 0 Å². The smallest absolute Gasteiger partial charge is 0.217 e. The van der Waals surface area contributed by atoms with Gasteiger partial charge in [0.2, 0.25) is 11.8 Å². The normalized spacial score (nSPS) is 24.2. The summed E-state index contributed by atoms with van der Waals surface area (Å²) in [5.74, 6) is 0.315. The predicted octanol–water partition coefficient (Wildman–Crippen LogP) is 1.76. The number of carbonyl (C=O) groups is 2. The lowest BCUT2D eigenvalue weighted by atomic mass is 9.75. The van der Waals surface area contributed by atoms with Crippen LogP contribution in [0, 0.1) is 5.92 Å². The molecule has 0 saturated heterocycles. The van der Waals surface area contributed by atoms with E-state index in [4.69, 9.17) is 0 Å². The van der Waals surface area contributed by atoms with Crippen LogP contribution in [-0.2, 0) is 9.59 Å². The van der Waals surface area contributed by atoms with Crippen LogP contribution in [0.3, 0.4) is 0 Å². The van der Waals surface area contributed by atoms with Gasteiger partial charge in [0.05, 0.1) is 6.04 Å². The Balaban J connectivity index is 2.76. The maximum absolute atomic E-state index is 11.2. The zero-order valence-corrected chi connectivity index (χ0v) is 12.0. The first-order chi connectivity index (χ1) is 8.22. The molecule has 1 aliphatic carbocycles. The zero-order valence-electron chi connectivity index (χ0n) is 12.0. The summed E-state index contributed by atoms with van der Waals surface area (Å²) in [6, 6.07) is 0.0919. The molecule has 4 heteroatoms. The van der Waals surface area contributed by atoms with Gasteiger partial charge in [-0.15, -0.1) is 0 Å². The quantitative estimate of drug-likeness (QED) is 0.752. The molecule has 1 rings (SSSR count). The Morgan fingerprint density at radius 1 is 1.28 bits per heavy atom. The van der Waals surface area contributed by atoms with E-state index in [-0.39, 0.29) is 23.4 Å². The molecule has 0 spiro atoms. The Bertz CT molecular complexity index is 372. The molecule has 0 aromatic rings. The highest BCUT2D eigenvalue weighted by atomic mass is 16.2. The van der Waals surface area contributed by atoms with Crippen LogP contribution < -0.4 is 10.6 Å². The monoisotopic (exact) mass is 252 g/mol. The zero-order chi connectivity index (χ0) is 13.9. The first-order valence-electron chi connectivity index (χ1n) is 6.45. The highest BCUT2D eigenvalue weighted by molar-refractivity contribution is 5.74. The number of rotatable bonds is 3. The van der Waals surface area contributed by atoms with E-state index in [0.29, 0.717) is 5.92 Å². The summed E-state index contributed by atoms with van der Waals surface area (Å²) in [6.07, 6.45) is 3.97. The standard InChI is InChI=1S/C14H24N2O2/c1-9-6-7-12(8-13(9)15-10(2)17)14(4,5)16-11(3)18/h6,12-13H,7-8H2,1-5H3,(H,15,17)(H,16,18)/t12-,13-/m1/s1. The Morgan fingerprint density at radius 2 is 1.89 bits per heavy atom. The summed E-state index contributed by atoms with van der Waals surface area (Å²) in [5.41, 5.74) is 0.958. The molecule has 0 radical (unpaired) electrons. The third-order valence-electron chi connectivity index (χ3n) is 3.69. The van der Waals surface area contributed by atoms with Crippen LogP contribution in [0.2, 0.25) is 0 Å². The van der Waals surface area contributed by atoms with Crippen molar-refractivity contribution in [3.8, 4) is 0 Å². The van der Waals surface area contributed by atoms with Crippen molar-refractivity contribution in [1.29, 1.82) is 0 Å². The SMILES string of the molecule is CC(=O)N[C@@H]1C[C@H](C(C)(C)NC(C)=O)CC=C1C. The van der Waals surface area contributed by atoms with Gasteiger partial charge in [0.15, 0.2) is 0 Å². The second-order valence-corrected chi connectivity index (χ2v) is 5.77. The Morgan fingerprint density at radius 3 is 2.39 bits per heavy atom. The van der Waals surface area contributed by atoms with Crippen LogP contribution in [0.4, 0.5) is 0 Å². The van der Waals surface area contributed by atoms with E-state index in [1.165, 1.54) is 19.4 Å². The number of allylic oxidation sites excluding steroid dienone is 1. The second kappa shape index (κ2) is 5.55. The van der Waals surface area contributed by atoms with Crippen molar-refractivity contribution in [3.63, 3.8) is 0 Å². The summed E-state index contributed by atoms with van der Waals surface area (Å²) in [4.78, 5) is 22.4. The van der Waals surface area contributed by atoms with Gasteiger partial charge in [0, 0.05) is 19.4 Å². The first kappa shape index (κ1) is 14.7. The summed E-state index contributed by atoms with van der Waals surface area (Å²) in [5, 5.41) is 5.96. The number of nitrogens with one attached hydrogen (secondary N) is 2. The fraction of sp³-hybridized carbons (Fsp3) is 0.714. The molecule has 1 aliphatic rings. The van der Waals surface area contributed by atoms with Crippen molar-refractivity contribution >= 4 is 11.8 Å². The van der Waals surface area contributed by atoms with Crippen molar-refractivity contribution in [3.05, 3.63) is 11.6 Å². The Hall–Kier alpha value is -1.32. The first-order valence-corrected chi connectivity index (χ1v) is 6.45. The number of hydrogen-bond acceptors (Lipinski definition) is 2. The fourth-order valence-electron chi connectivity index (χ4n) is 2.60. The Labute approximate surface area is 109 Å². The summed E-state index contributed by atoms with van der Waals surface area (Å²) in [7, 11) is 0. The molecule has 0 bridgehead atoms. The maximum atomic E-state index is 11.2. The molecule has 2 N–H and O–H groups in total. The van der Waals surface area contributed by atoms with E-state index < -0.39 is 0 Å². The number of amides is 2. The van der Waals surface area contributed by atoms with E-state index in [1.54, 1.807) is 0 Å². The third-order valence-corrected chi connectivity index (χ3v) is 3.69.